The molecule has 0 spiro atoms. The van der Waals surface area contributed by atoms with Gasteiger partial charge < -0.3 is 16.4 Å². The minimum absolute atomic E-state index is 0.00343. The van der Waals surface area contributed by atoms with Gasteiger partial charge in [-0.1, -0.05) is 0 Å². The van der Waals surface area contributed by atoms with Crippen molar-refractivity contribution in [2.75, 3.05) is 11.1 Å². The molecule has 0 radical (unpaired) electrons. The van der Waals surface area contributed by atoms with E-state index in [4.69, 9.17) is 5.73 Å². The van der Waals surface area contributed by atoms with E-state index in [1.807, 2.05) is 0 Å². The molecule has 0 unspecified atom stereocenters. The molecule has 2 aliphatic carbocycles. The second-order valence-corrected chi connectivity index (χ2v) is 6.93. The minimum atomic E-state index is 0.00343. The third-order valence-corrected chi connectivity index (χ3v) is 4.66. The van der Waals surface area contributed by atoms with Gasteiger partial charge in [0.2, 0.25) is 0 Å². The van der Waals surface area contributed by atoms with Crippen LogP contribution < -0.4 is 16.4 Å². The van der Waals surface area contributed by atoms with Gasteiger partial charge in [-0.2, -0.15) is 0 Å². The van der Waals surface area contributed by atoms with Crippen molar-refractivity contribution in [3.8, 4) is 0 Å². The van der Waals surface area contributed by atoms with E-state index in [0.29, 0.717) is 28.6 Å². The van der Waals surface area contributed by atoms with Crippen LogP contribution in [-0.2, 0) is 0 Å². The van der Waals surface area contributed by atoms with Crippen molar-refractivity contribution in [3.05, 3.63) is 10.4 Å². The molecule has 5 heteroatoms. The number of amides is 1. The van der Waals surface area contributed by atoms with E-state index < -0.39 is 0 Å². The van der Waals surface area contributed by atoms with Gasteiger partial charge >= 0.3 is 0 Å². The third kappa shape index (κ3) is 2.71. The summed E-state index contributed by atoms with van der Waals surface area (Å²) in [6.07, 6.45) is 4.59. The summed E-state index contributed by atoms with van der Waals surface area (Å²) < 4.78 is 0. The summed E-state index contributed by atoms with van der Waals surface area (Å²) in [7, 11) is 0. The normalized spacial score (nSPS) is 18.7. The smallest absolute Gasteiger partial charge is 0.263 e. The first-order valence-electron chi connectivity index (χ1n) is 7.05. The van der Waals surface area contributed by atoms with E-state index in [0.717, 1.165) is 17.8 Å². The monoisotopic (exact) mass is 279 g/mol. The highest BCUT2D eigenvalue weighted by atomic mass is 32.1. The number of nitrogens with one attached hydrogen (secondary N) is 2. The number of nitrogens with two attached hydrogens (primary N) is 1. The van der Waals surface area contributed by atoms with Crippen molar-refractivity contribution < 1.29 is 4.79 Å². The van der Waals surface area contributed by atoms with Crippen LogP contribution in [0.15, 0.2) is 0 Å². The van der Waals surface area contributed by atoms with Crippen LogP contribution in [0.2, 0.25) is 0 Å². The highest BCUT2D eigenvalue weighted by Gasteiger charge is 2.34. The molecule has 0 atom stereocenters. The van der Waals surface area contributed by atoms with Crippen molar-refractivity contribution in [2.45, 2.75) is 57.5 Å². The van der Waals surface area contributed by atoms with Crippen LogP contribution in [0.5, 0.6) is 0 Å². The zero-order valence-corrected chi connectivity index (χ0v) is 12.3. The van der Waals surface area contributed by atoms with Crippen LogP contribution in [0.1, 0.15) is 60.7 Å². The minimum Gasteiger partial charge on any atom is -0.397 e. The molecule has 19 heavy (non-hydrogen) atoms. The van der Waals surface area contributed by atoms with Crippen molar-refractivity contribution in [2.24, 2.45) is 0 Å². The Labute approximate surface area is 117 Å². The quantitative estimate of drug-likeness (QED) is 0.776. The van der Waals surface area contributed by atoms with E-state index in [-0.39, 0.29) is 5.91 Å². The lowest BCUT2D eigenvalue weighted by atomic mass is 10.1. The van der Waals surface area contributed by atoms with Crippen molar-refractivity contribution >= 4 is 27.9 Å². The van der Waals surface area contributed by atoms with Crippen LogP contribution in [0.3, 0.4) is 0 Å². The van der Waals surface area contributed by atoms with Gasteiger partial charge in [0.1, 0.15) is 4.88 Å². The van der Waals surface area contributed by atoms with Gasteiger partial charge in [0.15, 0.2) is 0 Å². The second kappa shape index (κ2) is 4.71. The number of hydrogen-bond acceptors (Lipinski definition) is 4. The topological polar surface area (TPSA) is 67.2 Å². The van der Waals surface area contributed by atoms with Gasteiger partial charge in [-0.05, 0) is 45.4 Å². The van der Waals surface area contributed by atoms with E-state index >= 15 is 0 Å². The summed E-state index contributed by atoms with van der Waals surface area (Å²) >= 11 is 1.51. The Kier molecular flexibility index (Phi) is 3.17. The molecule has 0 bridgehead atoms. The highest BCUT2D eigenvalue weighted by Crippen LogP contribution is 2.51. The Morgan fingerprint density at radius 1 is 1.32 bits per heavy atom. The zero-order chi connectivity index (χ0) is 13.6. The van der Waals surface area contributed by atoms with Gasteiger partial charge in [-0.15, -0.1) is 11.3 Å². The number of rotatable bonds is 5. The van der Waals surface area contributed by atoms with Gasteiger partial charge in [-0.3, -0.25) is 4.79 Å². The van der Waals surface area contributed by atoms with E-state index in [1.54, 1.807) is 0 Å². The largest absolute Gasteiger partial charge is 0.397 e. The summed E-state index contributed by atoms with van der Waals surface area (Å²) in [5.74, 6) is 0.559. The standard InChI is InChI=1S/C14H21N3OS/c1-7(2)16-14-10(8-3-4-8)11(15)12(19-14)13(18)17-9-5-6-9/h7-9,16H,3-6,15H2,1-2H3,(H,17,18). The van der Waals surface area contributed by atoms with E-state index in [2.05, 4.69) is 24.5 Å². The molecule has 0 aliphatic heterocycles. The highest BCUT2D eigenvalue weighted by molar-refractivity contribution is 7.18. The molecule has 0 saturated heterocycles. The first-order chi connectivity index (χ1) is 9.06. The fourth-order valence-corrected chi connectivity index (χ4v) is 3.51. The number of carbonyl (C=O) groups is 1. The van der Waals surface area contributed by atoms with Crippen molar-refractivity contribution in [1.29, 1.82) is 0 Å². The maximum Gasteiger partial charge on any atom is 0.263 e. The molecule has 3 rings (SSSR count). The fraction of sp³-hybridized carbons (Fsp3) is 0.643. The molecule has 1 heterocycles. The molecule has 1 aromatic rings. The van der Waals surface area contributed by atoms with Crippen molar-refractivity contribution in [3.63, 3.8) is 0 Å². The zero-order valence-electron chi connectivity index (χ0n) is 11.5. The molecular weight excluding hydrogens is 258 g/mol. The summed E-state index contributed by atoms with van der Waals surface area (Å²) in [4.78, 5) is 12.9. The predicted molar refractivity (Wildman–Crippen MR) is 80.0 cm³/mol. The molecular formula is C14H21N3OS. The Hall–Kier alpha value is -1.23. The SMILES string of the molecule is CC(C)Nc1sc(C(=O)NC2CC2)c(N)c1C1CC1. The van der Waals surface area contributed by atoms with Crippen LogP contribution in [-0.4, -0.2) is 18.0 Å². The maximum absolute atomic E-state index is 12.2. The number of thiophene rings is 1. The van der Waals surface area contributed by atoms with Crippen LogP contribution >= 0.6 is 11.3 Å². The molecule has 2 aliphatic rings. The van der Waals surface area contributed by atoms with Crippen LogP contribution in [0, 0.1) is 0 Å². The van der Waals surface area contributed by atoms with Gasteiger partial charge in [0.05, 0.1) is 10.7 Å². The lowest BCUT2D eigenvalue weighted by Crippen LogP contribution is -2.25. The van der Waals surface area contributed by atoms with E-state index in [9.17, 15) is 4.79 Å². The summed E-state index contributed by atoms with van der Waals surface area (Å²) in [6.45, 7) is 4.22. The molecule has 1 amide bonds. The average Bonchev–Trinajstić information content (AvgIpc) is 3.20. The Morgan fingerprint density at radius 3 is 2.53 bits per heavy atom. The number of carbonyl (C=O) groups excluding carboxylic acids is 1. The lowest BCUT2D eigenvalue weighted by molar-refractivity contribution is 0.0956. The molecule has 104 valence electrons. The number of anilines is 2. The molecule has 2 saturated carbocycles. The summed E-state index contributed by atoms with van der Waals surface area (Å²) in [5.41, 5.74) is 8.11. The third-order valence-electron chi connectivity index (χ3n) is 3.51. The molecule has 4 N–H and O–H groups in total. The second-order valence-electron chi connectivity index (χ2n) is 5.91. The lowest BCUT2D eigenvalue weighted by Gasteiger charge is -2.10. The van der Waals surface area contributed by atoms with Gasteiger partial charge in [-0.25, -0.2) is 0 Å². The first-order valence-corrected chi connectivity index (χ1v) is 7.87. The predicted octanol–water partition coefficient (Wildman–Crippen LogP) is 2.92. The summed E-state index contributed by atoms with van der Waals surface area (Å²) in [6, 6.07) is 0.731. The van der Waals surface area contributed by atoms with Gasteiger partial charge in [0, 0.05) is 17.6 Å². The van der Waals surface area contributed by atoms with Crippen LogP contribution in [0.25, 0.3) is 0 Å². The average molecular weight is 279 g/mol. The molecule has 4 nitrogen and oxygen atoms in total. The van der Waals surface area contributed by atoms with E-state index in [1.165, 1.54) is 29.7 Å². The molecule has 1 aromatic heterocycles. The number of nitrogen functional groups attached to an aromatic ring is 1. The molecule has 2 fully saturated rings. The first kappa shape index (κ1) is 12.8. The number of hydrogen-bond donors (Lipinski definition) is 3. The Morgan fingerprint density at radius 2 is 2.00 bits per heavy atom. The van der Waals surface area contributed by atoms with Crippen LogP contribution in [0.4, 0.5) is 10.7 Å². The Balaban J connectivity index is 1.88. The summed E-state index contributed by atoms with van der Waals surface area (Å²) in [5, 5.41) is 7.56. The Bertz CT molecular complexity index is 501. The van der Waals surface area contributed by atoms with Gasteiger partial charge in [0.25, 0.3) is 5.91 Å². The molecule has 0 aromatic carbocycles. The maximum atomic E-state index is 12.2. The fourth-order valence-electron chi connectivity index (χ4n) is 2.25. The van der Waals surface area contributed by atoms with Crippen molar-refractivity contribution in [1.82, 2.24) is 5.32 Å².